The second-order valence-corrected chi connectivity index (χ2v) is 4.71. The summed E-state index contributed by atoms with van der Waals surface area (Å²) in [5, 5.41) is 8.14. The Morgan fingerprint density at radius 1 is 1.04 bits per heavy atom. The second kappa shape index (κ2) is 9.06. The minimum Gasteiger partial charge on any atom is -0.324 e. The zero-order valence-electron chi connectivity index (χ0n) is 12.7. The van der Waals surface area contributed by atoms with E-state index in [0.717, 1.165) is 16.7 Å². The molecule has 3 nitrogen and oxygen atoms in total. The third-order valence-electron chi connectivity index (χ3n) is 3.15. The van der Waals surface area contributed by atoms with Gasteiger partial charge in [-0.05, 0) is 16.7 Å². The Labute approximate surface area is 138 Å². The van der Waals surface area contributed by atoms with Gasteiger partial charge >= 0.3 is 0 Å². The van der Waals surface area contributed by atoms with Crippen LogP contribution >= 0.6 is 0 Å². The van der Waals surface area contributed by atoms with Crippen LogP contribution in [0.1, 0.15) is 11.1 Å². The van der Waals surface area contributed by atoms with Crippen molar-refractivity contribution in [1.82, 2.24) is 9.55 Å². The molecule has 110 valence electrons. The molecule has 0 atom stereocenters. The summed E-state index contributed by atoms with van der Waals surface area (Å²) in [4.78, 5) is 3.75. The van der Waals surface area contributed by atoms with Crippen LogP contribution in [0.15, 0.2) is 85.4 Å². The van der Waals surface area contributed by atoms with Crippen molar-refractivity contribution in [3.8, 4) is 6.07 Å². The van der Waals surface area contributed by atoms with E-state index in [-0.39, 0.29) is 0 Å². The van der Waals surface area contributed by atoms with Gasteiger partial charge in [-0.15, -0.1) is 5.98 Å². The van der Waals surface area contributed by atoms with Crippen LogP contribution in [0.3, 0.4) is 0 Å². The summed E-state index contributed by atoms with van der Waals surface area (Å²) in [7, 11) is 5.67. The largest absolute Gasteiger partial charge is 0.324 e. The van der Waals surface area contributed by atoms with Crippen molar-refractivity contribution in [2.75, 3.05) is 0 Å². The molecular formula is C19H16BN3. The molecule has 0 N–H and O–H groups in total. The second-order valence-electron chi connectivity index (χ2n) is 4.71. The first-order valence-electron chi connectivity index (χ1n) is 7.20. The molecule has 0 amide bonds. The summed E-state index contributed by atoms with van der Waals surface area (Å²) in [6.45, 7) is 0.389. The quantitative estimate of drug-likeness (QED) is 0.692. The number of hydrogen-bond acceptors (Lipinski definition) is 2. The lowest BCUT2D eigenvalue weighted by Gasteiger charge is -2.07. The van der Waals surface area contributed by atoms with Crippen molar-refractivity contribution in [1.29, 1.82) is 5.26 Å². The fraction of sp³-hybridized carbons (Fsp3) is 0.0526. The van der Waals surface area contributed by atoms with Crippen LogP contribution in [0, 0.1) is 11.3 Å². The highest BCUT2D eigenvalue weighted by Gasteiger charge is 2.01. The Morgan fingerprint density at radius 2 is 1.61 bits per heavy atom. The highest BCUT2D eigenvalue weighted by atomic mass is 15.0. The Bertz CT molecular complexity index is 716. The third kappa shape index (κ3) is 5.01. The van der Waals surface area contributed by atoms with Crippen molar-refractivity contribution in [2.24, 2.45) is 0 Å². The first-order chi connectivity index (χ1) is 11.3. The lowest BCUT2D eigenvalue weighted by Crippen LogP contribution is -1.88. The topological polar surface area (TPSA) is 41.6 Å². The van der Waals surface area contributed by atoms with Crippen LogP contribution in [0.2, 0.25) is 0 Å². The van der Waals surface area contributed by atoms with Gasteiger partial charge in [0.25, 0.3) is 0 Å². The Balaban J connectivity index is 0.000000203. The first kappa shape index (κ1) is 16.3. The van der Waals surface area contributed by atoms with E-state index >= 15 is 0 Å². The van der Waals surface area contributed by atoms with E-state index < -0.39 is 0 Å². The number of nitriles is 1. The number of hydrogen-bond donors (Lipinski definition) is 0. The van der Waals surface area contributed by atoms with Crippen molar-refractivity contribution in [3.05, 3.63) is 96.5 Å². The molecule has 0 bridgehead atoms. The zero-order chi connectivity index (χ0) is 16.3. The fourth-order valence-electron chi connectivity index (χ4n) is 2.06. The molecule has 0 aliphatic rings. The fourth-order valence-corrected chi connectivity index (χ4v) is 2.06. The molecule has 23 heavy (non-hydrogen) atoms. The van der Waals surface area contributed by atoms with Gasteiger partial charge in [0.2, 0.25) is 0 Å². The lowest BCUT2D eigenvalue weighted by atomic mass is 9.92. The number of nitrogens with zero attached hydrogens (tertiary/aromatic N) is 3. The zero-order valence-corrected chi connectivity index (χ0v) is 12.7. The molecule has 0 unspecified atom stereocenters. The van der Waals surface area contributed by atoms with Crippen molar-refractivity contribution in [2.45, 2.75) is 6.54 Å². The molecule has 3 rings (SSSR count). The smallest absolute Gasteiger partial charge is 0.111 e. The van der Waals surface area contributed by atoms with Crippen LogP contribution in [-0.4, -0.2) is 17.4 Å². The normalized spacial score (nSPS) is 9.17. The van der Waals surface area contributed by atoms with E-state index in [1.807, 2.05) is 42.5 Å². The number of aromatic nitrogens is 2. The molecule has 4 heteroatoms. The number of imidazole rings is 1. The van der Waals surface area contributed by atoms with Gasteiger partial charge in [0.15, 0.2) is 0 Å². The Hall–Kier alpha value is -3.06. The predicted molar refractivity (Wildman–Crippen MR) is 93.6 cm³/mol. The maximum atomic E-state index is 8.14. The van der Waals surface area contributed by atoms with E-state index in [0.29, 0.717) is 6.54 Å². The summed E-state index contributed by atoms with van der Waals surface area (Å²) >= 11 is 0. The summed E-state index contributed by atoms with van der Waals surface area (Å²) in [5.41, 5.74) is 3.36. The van der Waals surface area contributed by atoms with Gasteiger partial charge in [0.05, 0.1) is 12.4 Å². The minimum absolute atomic E-state index is 0.389. The van der Waals surface area contributed by atoms with Crippen molar-refractivity contribution in [3.63, 3.8) is 0 Å². The van der Waals surface area contributed by atoms with Crippen LogP contribution < -0.4 is 0 Å². The molecule has 2 aromatic carbocycles. The van der Waals surface area contributed by atoms with Crippen LogP contribution in [0.25, 0.3) is 5.57 Å². The van der Waals surface area contributed by atoms with E-state index in [1.165, 1.54) is 0 Å². The van der Waals surface area contributed by atoms with Crippen LogP contribution in [-0.2, 0) is 6.54 Å². The minimum atomic E-state index is 0.389. The molecule has 0 saturated carbocycles. The molecule has 3 aromatic rings. The third-order valence-corrected chi connectivity index (χ3v) is 3.15. The van der Waals surface area contributed by atoms with Gasteiger partial charge in [-0.3, -0.25) is 0 Å². The predicted octanol–water partition coefficient (Wildman–Crippen LogP) is 3.65. The van der Waals surface area contributed by atoms with E-state index in [1.54, 1.807) is 29.3 Å². The average molecular weight is 297 g/mol. The summed E-state index contributed by atoms with van der Waals surface area (Å²) in [5.74, 6) is 1.66. The first-order valence-corrected chi connectivity index (χ1v) is 7.20. The molecule has 0 saturated heterocycles. The molecular weight excluding hydrogens is 281 g/mol. The maximum absolute atomic E-state index is 8.14. The molecule has 0 fully saturated rings. The van der Waals surface area contributed by atoms with Gasteiger partial charge < -0.3 is 4.57 Å². The van der Waals surface area contributed by atoms with Crippen molar-refractivity contribution >= 4 is 13.4 Å². The lowest BCUT2D eigenvalue weighted by molar-refractivity contribution is 0.830. The summed E-state index contributed by atoms with van der Waals surface area (Å²) in [6, 6.07) is 22.3. The number of benzene rings is 2. The Morgan fingerprint density at radius 3 is 2.00 bits per heavy atom. The SMILES string of the molecule is N#CCn1ccnc1.[B]C=C(c1ccccc1)c1ccccc1. The standard InChI is InChI=1S/C14H11B.C5H5N3/c15-11-14(12-7-3-1-4-8-12)13-9-5-2-6-10-13;6-1-3-8-4-2-7-5-8/h1-11H;2,4-5H,3H2. The molecule has 1 aromatic heterocycles. The summed E-state index contributed by atoms with van der Waals surface area (Å²) in [6.07, 6.45) is 5.02. The molecule has 0 aliphatic carbocycles. The molecule has 0 spiro atoms. The van der Waals surface area contributed by atoms with Gasteiger partial charge in [0.1, 0.15) is 14.4 Å². The van der Waals surface area contributed by atoms with E-state index in [2.05, 4.69) is 29.2 Å². The molecule has 1 heterocycles. The van der Waals surface area contributed by atoms with Gasteiger partial charge in [-0.1, -0.05) is 60.7 Å². The van der Waals surface area contributed by atoms with Gasteiger partial charge in [0, 0.05) is 12.4 Å². The summed E-state index contributed by atoms with van der Waals surface area (Å²) < 4.78 is 1.71. The van der Waals surface area contributed by atoms with E-state index in [9.17, 15) is 0 Å². The molecule has 0 aliphatic heterocycles. The van der Waals surface area contributed by atoms with Crippen LogP contribution in [0.4, 0.5) is 0 Å². The van der Waals surface area contributed by atoms with Crippen LogP contribution in [0.5, 0.6) is 0 Å². The highest BCUT2D eigenvalue weighted by molar-refractivity contribution is 6.21. The molecule has 2 radical (unpaired) electrons. The van der Waals surface area contributed by atoms with Gasteiger partial charge in [-0.2, -0.15) is 5.26 Å². The monoisotopic (exact) mass is 297 g/mol. The average Bonchev–Trinajstić information content (AvgIpc) is 3.12. The maximum Gasteiger partial charge on any atom is 0.111 e. The highest BCUT2D eigenvalue weighted by Crippen LogP contribution is 2.21. The van der Waals surface area contributed by atoms with Crippen molar-refractivity contribution < 1.29 is 0 Å². The van der Waals surface area contributed by atoms with E-state index in [4.69, 9.17) is 13.1 Å². The Kier molecular flexibility index (Phi) is 6.43. The van der Waals surface area contributed by atoms with Gasteiger partial charge in [-0.25, -0.2) is 4.98 Å². The number of rotatable bonds is 3.